The van der Waals surface area contributed by atoms with Gasteiger partial charge in [-0.25, -0.2) is 14.4 Å². The highest BCUT2D eigenvalue weighted by Gasteiger charge is 2.31. The van der Waals surface area contributed by atoms with Crippen LogP contribution in [0.5, 0.6) is 5.75 Å². The summed E-state index contributed by atoms with van der Waals surface area (Å²) < 4.78 is 57.1. The average Bonchev–Trinajstić information content (AvgIpc) is 3.09. The van der Waals surface area contributed by atoms with Crippen molar-refractivity contribution in [1.82, 2.24) is 14.5 Å². The van der Waals surface area contributed by atoms with Crippen LogP contribution in [-0.2, 0) is 6.54 Å². The Bertz CT molecular complexity index is 1080. The minimum absolute atomic E-state index is 0.279. The van der Waals surface area contributed by atoms with Gasteiger partial charge in [-0.3, -0.25) is 0 Å². The molecule has 0 N–H and O–H groups in total. The molecule has 1 aromatic rings. The first-order chi connectivity index (χ1) is 14.7. The minimum atomic E-state index is -4.74. The summed E-state index contributed by atoms with van der Waals surface area (Å²) in [7, 11) is 0. The standard InChI is InChI=1S/C23H21F4N3O/c1-3-4-5-6-10-19(16(2)24)22-28-20-11-12-30(15-21(20)29-22)14-17-8-7-9-18(13-17)31-23(25,26)27/h3,6-13,15H,1,4-5,14H2,2H3/b10-6-,19-16-. The van der Waals surface area contributed by atoms with Crippen LogP contribution in [0, 0.1) is 0 Å². The molecule has 4 nitrogen and oxygen atoms in total. The van der Waals surface area contributed by atoms with Crippen LogP contribution in [0.15, 0.2) is 73.4 Å². The maximum atomic E-state index is 14.0. The summed E-state index contributed by atoms with van der Waals surface area (Å²) in [6, 6.07) is 7.50. The number of benzene rings is 1. The molecule has 0 fully saturated rings. The van der Waals surface area contributed by atoms with Crippen LogP contribution < -0.4 is 4.74 Å². The number of imidazole rings is 1. The van der Waals surface area contributed by atoms with Gasteiger partial charge in [-0.15, -0.1) is 19.8 Å². The number of halogens is 4. The van der Waals surface area contributed by atoms with E-state index in [-0.39, 0.29) is 17.4 Å². The van der Waals surface area contributed by atoms with Gasteiger partial charge in [-0.05, 0) is 43.5 Å². The molecule has 3 rings (SSSR count). The molecular weight excluding hydrogens is 410 g/mol. The van der Waals surface area contributed by atoms with Gasteiger partial charge in [0.15, 0.2) is 5.82 Å². The lowest BCUT2D eigenvalue weighted by molar-refractivity contribution is -0.274. The van der Waals surface area contributed by atoms with Gasteiger partial charge in [0.1, 0.15) is 17.3 Å². The van der Waals surface area contributed by atoms with Gasteiger partial charge in [0.25, 0.3) is 0 Å². The quantitative estimate of drug-likeness (QED) is 0.176. The van der Waals surface area contributed by atoms with Crippen molar-refractivity contribution in [2.45, 2.75) is 32.7 Å². The van der Waals surface area contributed by atoms with Crippen LogP contribution in [0.3, 0.4) is 0 Å². The highest BCUT2D eigenvalue weighted by molar-refractivity contribution is 5.74. The number of fused-ring (bicyclic) bond motifs is 1. The van der Waals surface area contributed by atoms with Crippen LogP contribution >= 0.6 is 0 Å². The number of pyridine rings is 1. The average molecular weight is 431 g/mol. The van der Waals surface area contributed by atoms with Crippen molar-refractivity contribution in [1.29, 1.82) is 0 Å². The number of allylic oxidation sites excluding steroid dienone is 5. The molecular formula is C23H21F4N3O. The number of aromatic nitrogens is 3. The second kappa shape index (κ2) is 9.59. The first-order valence-electron chi connectivity index (χ1n) is 9.57. The molecule has 8 heteroatoms. The zero-order chi connectivity index (χ0) is 22.4. The van der Waals surface area contributed by atoms with Crippen LogP contribution in [0.4, 0.5) is 17.6 Å². The summed E-state index contributed by atoms with van der Waals surface area (Å²) in [5, 5.41) is 0. The monoisotopic (exact) mass is 431 g/mol. The molecule has 31 heavy (non-hydrogen) atoms. The number of rotatable bonds is 8. The molecule has 1 aromatic carbocycles. The van der Waals surface area contributed by atoms with Crippen LogP contribution in [-0.4, -0.2) is 20.9 Å². The van der Waals surface area contributed by atoms with Gasteiger partial charge in [-0.1, -0.05) is 30.4 Å². The van der Waals surface area contributed by atoms with Gasteiger partial charge >= 0.3 is 6.36 Å². The minimum Gasteiger partial charge on any atom is -0.406 e. The third-order valence-electron chi connectivity index (χ3n) is 4.36. The molecule has 2 aliphatic heterocycles. The predicted octanol–water partition coefficient (Wildman–Crippen LogP) is 6.55. The van der Waals surface area contributed by atoms with E-state index in [1.807, 2.05) is 6.08 Å². The maximum absolute atomic E-state index is 14.0. The van der Waals surface area contributed by atoms with Crippen LogP contribution in [0.1, 0.15) is 31.2 Å². The second-order valence-corrected chi connectivity index (χ2v) is 6.85. The molecule has 0 unspecified atom stereocenters. The highest BCUT2D eigenvalue weighted by Crippen LogP contribution is 2.27. The van der Waals surface area contributed by atoms with Gasteiger partial charge in [0, 0.05) is 18.9 Å². The van der Waals surface area contributed by atoms with Crippen LogP contribution in [0.25, 0.3) is 17.0 Å². The summed E-state index contributed by atoms with van der Waals surface area (Å²) >= 11 is 0. The third kappa shape index (κ3) is 6.28. The Morgan fingerprint density at radius 3 is 2.65 bits per heavy atom. The number of unbranched alkanes of at least 4 members (excludes halogenated alkanes) is 1. The summed E-state index contributed by atoms with van der Waals surface area (Å²) in [5.41, 5.74) is 2.08. The Balaban J connectivity index is 1.82. The fourth-order valence-corrected chi connectivity index (χ4v) is 2.98. The zero-order valence-electron chi connectivity index (χ0n) is 16.9. The lowest BCUT2D eigenvalue weighted by Gasteiger charge is -2.11. The van der Waals surface area contributed by atoms with E-state index < -0.39 is 6.36 Å². The molecule has 2 heterocycles. The fraction of sp³-hybridized carbons (Fsp3) is 0.217. The molecule has 0 bridgehead atoms. The first-order valence-corrected chi connectivity index (χ1v) is 9.57. The number of ether oxygens (including phenoxy) is 1. The van der Waals surface area contributed by atoms with E-state index in [0.717, 1.165) is 12.8 Å². The topological polar surface area (TPSA) is 39.9 Å². The first kappa shape index (κ1) is 22.3. The van der Waals surface area contributed by atoms with Crippen molar-refractivity contribution in [2.75, 3.05) is 0 Å². The summed E-state index contributed by atoms with van der Waals surface area (Å²) in [4.78, 5) is 8.82. The van der Waals surface area contributed by atoms with E-state index in [2.05, 4.69) is 21.3 Å². The van der Waals surface area contributed by atoms with E-state index in [1.54, 1.807) is 41.2 Å². The molecule has 0 radical (unpaired) electrons. The Hall–Kier alpha value is -3.42. The molecule has 0 amide bonds. The van der Waals surface area contributed by atoms with Crippen molar-refractivity contribution in [3.63, 3.8) is 0 Å². The molecule has 0 saturated carbocycles. The predicted molar refractivity (Wildman–Crippen MR) is 111 cm³/mol. The molecule has 0 atom stereocenters. The number of hydrogen-bond acceptors (Lipinski definition) is 3. The normalized spacial score (nSPS) is 12.9. The zero-order valence-corrected chi connectivity index (χ0v) is 16.9. The van der Waals surface area contributed by atoms with Gasteiger partial charge < -0.3 is 9.30 Å². The molecule has 0 saturated heterocycles. The number of hydrogen-bond donors (Lipinski definition) is 0. The van der Waals surface area contributed by atoms with E-state index in [1.165, 1.54) is 25.1 Å². The molecule has 0 aromatic heterocycles. The summed E-state index contributed by atoms with van der Waals surface area (Å²) in [5.74, 6) is -0.388. The Kier molecular flexibility index (Phi) is 6.89. The molecule has 2 aliphatic rings. The Morgan fingerprint density at radius 2 is 1.94 bits per heavy atom. The van der Waals surface area contributed by atoms with Gasteiger partial charge in [0.05, 0.1) is 11.3 Å². The number of alkyl halides is 3. The molecule has 0 spiro atoms. The van der Waals surface area contributed by atoms with Gasteiger partial charge in [-0.2, -0.15) is 0 Å². The molecule has 162 valence electrons. The highest BCUT2D eigenvalue weighted by atomic mass is 19.4. The Morgan fingerprint density at radius 1 is 1.16 bits per heavy atom. The van der Waals surface area contributed by atoms with Crippen molar-refractivity contribution < 1.29 is 22.3 Å². The van der Waals surface area contributed by atoms with Crippen molar-refractivity contribution in [3.05, 3.63) is 84.7 Å². The Labute approximate surface area is 177 Å². The van der Waals surface area contributed by atoms with Gasteiger partial charge in [0.2, 0.25) is 0 Å². The third-order valence-corrected chi connectivity index (χ3v) is 4.36. The van der Waals surface area contributed by atoms with Crippen molar-refractivity contribution in [3.8, 4) is 17.1 Å². The lowest BCUT2D eigenvalue weighted by Crippen LogP contribution is -2.17. The van der Waals surface area contributed by atoms with E-state index >= 15 is 0 Å². The fourth-order valence-electron chi connectivity index (χ4n) is 2.98. The van der Waals surface area contributed by atoms with E-state index in [9.17, 15) is 17.6 Å². The van der Waals surface area contributed by atoms with Crippen LogP contribution in [0.2, 0.25) is 0 Å². The maximum Gasteiger partial charge on any atom is 0.573 e. The lowest BCUT2D eigenvalue weighted by atomic mass is 10.2. The van der Waals surface area contributed by atoms with E-state index in [4.69, 9.17) is 0 Å². The largest absolute Gasteiger partial charge is 0.573 e. The smallest absolute Gasteiger partial charge is 0.406 e. The summed E-state index contributed by atoms with van der Waals surface area (Å²) in [6.07, 6.45) is 5.52. The molecule has 0 aliphatic carbocycles. The second-order valence-electron chi connectivity index (χ2n) is 6.85. The van der Waals surface area contributed by atoms with Crippen molar-refractivity contribution >= 4 is 5.57 Å². The summed E-state index contributed by atoms with van der Waals surface area (Å²) in [6.45, 7) is 5.31. The number of nitrogens with zero attached hydrogens (tertiary/aromatic N) is 3. The van der Waals surface area contributed by atoms with E-state index in [0.29, 0.717) is 29.1 Å². The van der Waals surface area contributed by atoms with Crippen molar-refractivity contribution in [2.24, 2.45) is 0 Å². The SMILES string of the molecule is C=CCC/C=C\C(=C(/C)F)c1nc2ccn(Cc3cccc(OC(F)(F)F)c3)cc-2n1.